The van der Waals surface area contributed by atoms with E-state index in [-0.39, 0.29) is 18.6 Å². The van der Waals surface area contributed by atoms with Crippen LogP contribution in [-0.4, -0.2) is 23.7 Å². The highest BCUT2D eigenvalue weighted by atomic mass is 16.3. The van der Waals surface area contributed by atoms with Crippen LogP contribution in [0.2, 0.25) is 0 Å². The van der Waals surface area contributed by atoms with Crippen molar-refractivity contribution in [3.63, 3.8) is 0 Å². The summed E-state index contributed by atoms with van der Waals surface area (Å²) in [6.07, 6.45) is 2.96. The second kappa shape index (κ2) is 7.85. The average Bonchev–Trinajstić information content (AvgIpc) is 2.30. The van der Waals surface area contributed by atoms with Gasteiger partial charge in [0.15, 0.2) is 0 Å². The molecule has 1 rings (SSSR count). The van der Waals surface area contributed by atoms with E-state index in [9.17, 15) is 4.79 Å². The first-order valence-electron chi connectivity index (χ1n) is 6.16. The van der Waals surface area contributed by atoms with Gasteiger partial charge in [-0.1, -0.05) is 30.3 Å². The van der Waals surface area contributed by atoms with Crippen molar-refractivity contribution < 1.29 is 9.90 Å². The fourth-order valence-electron chi connectivity index (χ4n) is 1.71. The van der Waals surface area contributed by atoms with Crippen molar-refractivity contribution >= 4 is 5.91 Å². The number of aryl methyl sites for hydroxylation is 1. The second-order valence-corrected chi connectivity index (χ2v) is 4.32. The Balaban J connectivity index is 2.16. The van der Waals surface area contributed by atoms with E-state index < -0.39 is 0 Å². The molecule has 1 amide bonds. The lowest BCUT2D eigenvalue weighted by atomic mass is 10.1. The van der Waals surface area contributed by atoms with Crippen molar-refractivity contribution in [1.82, 2.24) is 5.32 Å². The van der Waals surface area contributed by atoms with Crippen LogP contribution in [0.4, 0.5) is 0 Å². The maximum Gasteiger partial charge on any atom is 0.220 e. The average molecular weight is 235 g/mol. The van der Waals surface area contributed by atoms with E-state index >= 15 is 0 Å². The first-order chi connectivity index (χ1) is 8.22. The van der Waals surface area contributed by atoms with Gasteiger partial charge in [-0.05, 0) is 31.7 Å². The number of carbonyl (C=O) groups is 1. The monoisotopic (exact) mass is 235 g/mol. The molecule has 17 heavy (non-hydrogen) atoms. The van der Waals surface area contributed by atoms with Crippen molar-refractivity contribution in [1.29, 1.82) is 0 Å². The van der Waals surface area contributed by atoms with E-state index in [1.165, 1.54) is 5.56 Å². The molecular weight excluding hydrogens is 214 g/mol. The molecule has 0 saturated carbocycles. The number of hydrogen-bond acceptors (Lipinski definition) is 2. The molecule has 0 bridgehead atoms. The first kappa shape index (κ1) is 13.7. The van der Waals surface area contributed by atoms with Crippen LogP contribution in [0.15, 0.2) is 30.3 Å². The molecule has 1 atom stereocenters. The predicted molar refractivity (Wildman–Crippen MR) is 68.7 cm³/mol. The van der Waals surface area contributed by atoms with Gasteiger partial charge in [0.2, 0.25) is 5.91 Å². The molecule has 3 heteroatoms. The number of benzene rings is 1. The number of rotatable bonds is 7. The zero-order valence-electron chi connectivity index (χ0n) is 10.4. The molecule has 0 radical (unpaired) electrons. The standard InChI is InChI=1S/C14H21NO2/c1-12(10-11-16)15-14(17)9-5-8-13-6-3-2-4-7-13/h2-4,6-7,12,16H,5,8-11H2,1H3,(H,15,17). The Morgan fingerprint density at radius 3 is 2.71 bits per heavy atom. The number of carbonyl (C=O) groups excluding carboxylic acids is 1. The molecule has 0 aliphatic carbocycles. The van der Waals surface area contributed by atoms with E-state index in [2.05, 4.69) is 17.4 Å². The Morgan fingerprint density at radius 1 is 1.35 bits per heavy atom. The molecular formula is C14H21NO2. The molecule has 0 aromatic heterocycles. The van der Waals surface area contributed by atoms with E-state index in [1.54, 1.807) is 0 Å². The van der Waals surface area contributed by atoms with Crippen molar-refractivity contribution in [2.45, 2.75) is 38.6 Å². The van der Waals surface area contributed by atoms with Crippen LogP contribution in [-0.2, 0) is 11.2 Å². The van der Waals surface area contributed by atoms with Crippen molar-refractivity contribution in [3.05, 3.63) is 35.9 Å². The molecule has 0 spiro atoms. The van der Waals surface area contributed by atoms with Gasteiger partial charge in [-0.3, -0.25) is 4.79 Å². The summed E-state index contributed by atoms with van der Waals surface area (Å²) in [5.74, 6) is 0.0712. The normalized spacial score (nSPS) is 12.1. The molecule has 0 aliphatic heterocycles. The molecule has 94 valence electrons. The molecule has 0 heterocycles. The molecule has 0 aliphatic rings. The lowest BCUT2D eigenvalue weighted by Gasteiger charge is -2.12. The van der Waals surface area contributed by atoms with Crippen LogP contribution in [0.3, 0.4) is 0 Å². The van der Waals surface area contributed by atoms with Crippen molar-refractivity contribution in [2.75, 3.05) is 6.61 Å². The second-order valence-electron chi connectivity index (χ2n) is 4.32. The van der Waals surface area contributed by atoms with Crippen LogP contribution in [0.5, 0.6) is 0 Å². The van der Waals surface area contributed by atoms with E-state index in [1.807, 2.05) is 25.1 Å². The number of aliphatic hydroxyl groups excluding tert-OH is 1. The third-order valence-electron chi connectivity index (χ3n) is 2.68. The number of nitrogens with one attached hydrogen (secondary N) is 1. The summed E-state index contributed by atoms with van der Waals surface area (Å²) in [5.41, 5.74) is 1.27. The third-order valence-corrected chi connectivity index (χ3v) is 2.68. The maximum absolute atomic E-state index is 11.5. The Hall–Kier alpha value is -1.35. The topological polar surface area (TPSA) is 49.3 Å². The van der Waals surface area contributed by atoms with Crippen LogP contribution < -0.4 is 5.32 Å². The van der Waals surface area contributed by atoms with Gasteiger partial charge < -0.3 is 10.4 Å². The molecule has 0 saturated heterocycles. The molecule has 1 unspecified atom stereocenters. The van der Waals surface area contributed by atoms with Gasteiger partial charge in [-0.15, -0.1) is 0 Å². The van der Waals surface area contributed by atoms with Gasteiger partial charge in [0.1, 0.15) is 0 Å². The quantitative estimate of drug-likeness (QED) is 0.758. The van der Waals surface area contributed by atoms with Crippen LogP contribution in [0.1, 0.15) is 31.7 Å². The van der Waals surface area contributed by atoms with Gasteiger partial charge in [0, 0.05) is 19.1 Å². The summed E-state index contributed by atoms with van der Waals surface area (Å²) in [6.45, 7) is 2.02. The van der Waals surface area contributed by atoms with E-state index in [0.29, 0.717) is 12.8 Å². The highest BCUT2D eigenvalue weighted by molar-refractivity contribution is 5.76. The fourth-order valence-corrected chi connectivity index (χ4v) is 1.71. The minimum Gasteiger partial charge on any atom is -0.396 e. The number of aliphatic hydroxyl groups is 1. The third kappa shape index (κ3) is 6.07. The zero-order valence-corrected chi connectivity index (χ0v) is 10.4. The van der Waals surface area contributed by atoms with E-state index in [0.717, 1.165) is 12.8 Å². The number of hydrogen-bond donors (Lipinski definition) is 2. The van der Waals surface area contributed by atoms with Crippen LogP contribution >= 0.6 is 0 Å². The van der Waals surface area contributed by atoms with E-state index in [4.69, 9.17) is 5.11 Å². The van der Waals surface area contributed by atoms with Gasteiger partial charge in [0.05, 0.1) is 0 Å². The minimum atomic E-state index is 0.0595. The summed E-state index contributed by atoms with van der Waals surface area (Å²) in [5, 5.41) is 11.6. The summed E-state index contributed by atoms with van der Waals surface area (Å²) in [7, 11) is 0. The lowest BCUT2D eigenvalue weighted by Crippen LogP contribution is -2.33. The first-order valence-corrected chi connectivity index (χ1v) is 6.16. The summed E-state index contributed by atoms with van der Waals surface area (Å²) < 4.78 is 0. The van der Waals surface area contributed by atoms with Crippen LogP contribution in [0.25, 0.3) is 0 Å². The minimum absolute atomic E-state index is 0.0595. The van der Waals surface area contributed by atoms with Gasteiger partial charge in [0.25, 0.3) is 0 Å². The largest absolute Gasteiger partial charge is 0.396 e. The Morgan fingerprint density at radius 2 is 2.06 bits per heavy atom. The fraction of sp³-hybridized carbons (Fsp3) is 0.500. The molecule has 3 nitrogen and oxygen atoms in total. The highest BCUT2D eigenvalue weighted by Crippen LogP contribution is 2.04. The summed E-state index contributed by atoms with van der Waals surface area (Å²) in [4.78, 5) is 11.5. The van der Waals surface area contributed by atoms with Crippen molar-refractivity contribution in [2.24, 2.45) is 0 Å². The predicted octanol–water partition coefficient (Wildman–Crippen LogP) is 1.90. The zero-order chi connectivity index (χ0) is 12.5. The Labute approximate surface area is 103 Å². The highest BCUT2D eigenvalue weighted by Gasteiger charge is 2.06. The Bertz CT molecular complexity index is 324. The summed E-state index contributed by atoms with van der Waals surface area (Å²) >= 11 is 0. The SMILES string of the molecule is CC(CCO)NC(=O)CCCc1ccccc1. The number of amides is 1. The summed E-state index contributed by atoms with van der Waals surface area (Å²) in [6, 6.07) is 10.2. The van der Waals surface area contributed by atoms with Crippen LogP contribution in [0, 0.1) is 0 Å². The van der Waals surface area contributed by atoms with Gasteiger partial charge in [-0.2, -0.15) is 0 Å². The Kier molecular flexibility index (Phi) is 6.33. The van der Waals surface area contributed by atoms with Gasteiger partial charge in [-0.25, -0.2) is 0 Å². The lowest BCUT2D eigenvalue weighted by molar-refractivity contribution is -0.121. The molecule has 1 aromatic carbocycles. The van der Waals surface area contributed by atoms with Crippen molar-refractivity contribution in [3.8, 4) is 0 Å². The molecule has 1 aromatic rings. The maximum atomic E-state index is 11.5. The molecule has 0 fully saturated rings. The smallest absolute Gasteiger partial charge is 0.220 e. The molecule has 2 N–H and O–H groups in total. The van der Waals surface area contributed by atoms with Gasteiger partial charge >= 0.3 is 0 Å².